The van der Waals surface area contributed by atoms with Gasteiger partial charge in [-0.3, -0.25) is 4.79 Å². The smallest absolute Gasteiger partial charge is 0.136 e. The molecule has 1 aromatic carbocycles. The number of carbonyl (C=O) groups excluding carboxylic acids is 1. The second-order valence-corrected chi connectivity index (χ2v) is 6.80. The Hall–Kier alpha value is -1.31. The molecule has 1 aliphatic carbocycles. The van der Waals surface area contributed by atoms with Crippen LogP contribution in [0.2, 0.25) is 0 Å². The zero-order chi connectivity index (χ0) is 14.1. The quantitative estimate of drug-likeness (QED) is 0.891. The van der Waals surface area contributed by atoms with Crippen LogP contribution in [0.25, 0.3) is 0 Å². The van der Waals surface area contributed by atoms with E-state index >= 15 is 0 Å². The first kappa shape index (κ1) is 13.7. The predicted octanol–water partition coefficient (Wildman–Crippen LogP) is 4.23. The number of rotatable bonds is 3. The fourth-order valence-corrected chi connectivity index (χ4v) is 3.79. The zero-order valence-corrected chi connectivity index (χ0v) is 12.6. The molecule has 4 atom stereocenters. The number of hydrogen-bond acceptors (Lipinski definition) is 2. The van der Waals surface area contributed by atoms with Crippen LogP contribution < -0.4 is 5.32 Å². The Bertz CT molecular complexity index is 496. The minimum absolute atomic E-state index is 0.314. The van der Waals surface area contributed by atoms with Crippen molar-refractivity contribution >= 4 is 11.5 Å². The van der Waals surface area contributed by atoms with E-state index in [0.717, 1.165) is 31.7 Å². The maximum absolute atomic E-state index is 12.6. The molecule has 0 bridgehead atoms. The van der Waals surface area contributed by atoms with Crippen LogP contribution in [0, 0.1) is 17.8 Å². The molecule has 2 aliphatic rings. The molecule has 0 radical (unpaired) electrons. The summed E-state index contributed by atoms with van der Waals surface area (Å²) in [4.78, 5) is 12.6. The van der Waals surface area contributed by atoms with E-state index in [9.17, 15) is 4.79 Å². The molecular formula is C18H25NO. The molecule has 4 unspecified atom stereocenters. The Morgan fingerprint density at radius 3 is 2.80 bits per heavy atom. The molecule has 0 amide bonds. The standard InChI is InChI=1S/C18H25NO/c1-12-7-8-14(9-13(12)2)18(20)10-15-11-19-17-6-4-3-5-16(15)17/h3-6,12-15,19H,7-11H2,1-2H3. The highest BCUT2D eigenvalue weighted by atomic mass is 16.1. The van der Waals surface area contributed by atoms with Gasteiger partial charge >= 0.3 is 0 Å². The lowest BCUT2D eigenvalue weighted by Gasteiger charge is -2.31. The van der Waals surface area contributed by atoms with Gasteiger partial charge in [-0.2, -0.15) is 0 Å². The Morgan fingerprint density at radius 1 is 1.20 bits per heavy atom. The van der Waals surface area contributed by atoms with Crippen molar-refractivity contribution in [1.29, 1.82) is 0 Å². The van der Waals surface area contributed by atoms with Crippen LogP contribution in [0.5, 0.6) is 0 Å². The number of anilines is 1. The summed E-state index contributed by atoms with van der Waals surface area (Å²) < 4.78 is 0. The highest BCUT2D eigenvalue weighted by molar-refractivity contribution is 5.82. The molecule has 0 saturated heterocycles. The van der Waals surface area contributed by atoms with Crippen LogP contribution in [0.15, 0.2) is 24.3 Å². The number of carbonyl (C=O) groups is 1. The van der Waals surface area contributed by atoms with Gasteiger partial charge < -0.3 is 5.32 Å². The molecule has 1 aromatic rings. The summed E-state index contributed by atoms with van der Waals surface area (Å²) in [5.41, 5.74) is 2.55. The number of benzene rings is 1. The summed E-state index contributed by atoms with van der Waals surface area (Å²) in [5.74, 6) is 2.68. The van der Waals surface area contributed by atoms with Gasteiger partial charge in [0.1, 0.15) is 5.78 Å². The second kappa shape index (κ2) is 5.59. The fraction of sp³-hybridized carbons (Fsp3) is 0.611. The van der Waals surface area contributed by atoms with E-state index in [-0.39, 0.29) is 0 Å². The number of fused-ring (bicyclic) bond motifs is 1. The van der Waals surface area contributed by atoms with Gasteiger partial charge in [-0.25, -0.2) is 0 Å². The Labute approximate surface area is 122 Å². The van der Waals surface area contributed by atoms with Gasteiger partial charge in [0.2, 0.25) is 0 Å². The van der Waals surface area contributed by atoms with Crippen molar-refractivity contribution in [2.45, 2.75) is 45.4 Å². The molecular weight excluding hydrogens is 246 g/mol. The molecule has 0 aromatic heterocycles. The van der Waals surface area contributed by atoms with E-state index in [0.29, 0.717) is 23.5 Å². The first-order chi connectivity index (χ1) is 9.65. The van der Waals surface area contributed by atoms with Crippen LogP contribution in [-0.2, 0) is 4.79 Å². The molecule has 2 heteroatoms. The second-order valence-electron chi connectivity index (χ2n) is 6.80. The molecule has 1 heterocycles. The molecule has 108 valence electrons. The van der Waals surface area contributed by atoms with Gasteiger partial charge in [0.15, 0.2) is 0 Å². The van der Waals surface area contributed by atoms with Gasteiger partial charge in [-0.15, -0.1) is 0 Å². The van der Waals surface area contributed by atoms with Crippen molar-refractivity contribution in [3.8, 4) is 0 Å². The minimum atomic E-state index is 0.314. The van der Waals surface area contributed by atoms with Gasteiger partial charge in [0.05, 0.1) is 0 Å². The highest BCUT2D eigenvalue weighted by Gasteiger charge is 2.32. The van der Waals surface area contributed by atoms with Crippen LogP contribution in [-0.4, -0.2) is 12.3 Å². The van der Waals surface area contributed by atoms with Crippen molar-refractivity contribution in [1.82, 2.24) is 0 Å². The summed E-state index contributed by atoms with van der Waals surface area (Å²) in [5, 5.41) is 3.42. The van der Waals surface area contributed by atoms with Gasteiger partial charge in [-0.1, -0.05) is 32.0 Å². The Kier molecular flexibility index (Phi) is 3.82. The van der Waals surface area contributed by atoms with Crippen molar-refractivity contribution in [2.75, 3.05) is 11.9 Å². The molecule has 1 aliphatic heterocycles. The average Bonchev–Trinajstić information content (AvgIpc) is 2.85. The highest BCUT2D eigenvalue weighted by Crippen LogP contribution is 2.38. The summed E-state index contributed by atoms with van der Waals surface area (Å²) in [6.45, 7) is 5.54. The summed E-state index contributed by atoms with van der Waals surface area (Å²) >= 11 is 0. The van der Waals surface area contributed by atoms with Crippen molar-refractivity contribution < 1.29 is 4.79 Å². The van der Waals surface area contributed by atoms with E-state index in [4.69, 9.17) is 0 Å². The lowest BCUT2D eigenvalue weighted by atomic mass is 9.73. The van der Waals surface area contributed by atoms with E-state index in [1.165, 1.54) is 17.7 Å². The number of hydrogen-bond donors (Lipinski definition) is 1. The van der Waals surface area contributed by atoms with Gasteiger partial charge in [0, 0.05) is 30.5 Å². The lowest BCUT2D eigenvalue weighted by molar-refractivity contribution is -0.124. The summed E-state index contributed by atoms with van der Waals surface area (Å²) in [7, 11) is 0. The lowest BCUT2D eigenvalue weighted by Crippen LogP contribution is -2.27. The average molecular weight is 271 g/mol. The number of para-hydroxylation sites is 1. The van der Waals surface area contributed by atoms with Crippen LogP contribution in [0.1, 0.15) is 51.0 Å². The van der Waals surface area contributed by atoms with E-state index in [1.54, 1.807) is 0 Å². The maximum Gasteiger partial charge on any atom is 0.136 e. The largest absolute Gasteiger partial charge is 0.384 e. The Balaban J connectivity index is 1.63. The number of ketones is 1. The third kappa shape index (κ3) is 2.61. The fourth-order valence-electron chi connectivity index (χ4n) is 3.79. The molecule has 1 saturated carbocycles. The summed E-state index contributed by atoms with van der Waals surface area (Å²) in [6, 6.07) is 8.41. The summed E-state index contributed by atoms with van der Waals surface area (Å²) in [6.07, 6.45) is 4.14. The van der Waals surface area contributed by atoms with Crippen LogP contribution in [0.3, 0.4) is 0 Å². The first-order valence-corrected chi connectivity index (χ1v) is 8.00. The first-order valence-electron chi connectivity index (χ1n) is 8.00. The van der Waals surface area contributed by atoms with Crippen LogP contribution in [0.4, 0.5) is 5.69 Å². The van der Waals surface area contributed by atoms with E-state index < -0.39 is 0 Å². The van der Waals surface area contributed by atoms with E-state index in [1.807, 2.05) is 0 Å². The third-order valence-electron chi connectivity index (χ3n) is 5.44. The molecule has 3 rings (SSSR count). The number of nitrogens with one attached hydrogen (secondary N) is 1. The van der Waals surface area contributed by atoms with Crippen molar-refractivity contribution in [2.24, 2.45) is 17.8 Å². The minimum Gasteiger partial charge on any atom is -0.384 e. The Morgan fingerprint density at radius 2 is 2.00 bits per heavy atom. The number of Topliss-reactive ketones (excluding diaryl/α,β-unsaturated/α-hetero) is 1. The molecule has 1 fully saturated rings. The van der Waals surface area contributed by atoms with Crippen molar-refractivity contribution in [3.63, 3.8) is 0 Å². The monoisotopic (exact) mass is 271 g/mol. The van der Waals surface area contributed by atoms with Gasteiger partial charge in [-0.05, 0) is 42.7 Å². The van der Waals surface area contributed by atoms with Crippen molar-refractivity contribution in [3.05, 3.63) is 29.8 Å². The molecule has 2 nitrogen and oxygen atoms in total. The SMILES string of the molecule is CC1CCC(C(=O)CC2CNc3ccccc32)CC1C. The third-order valence-corrected chi connectivity index (χ3v) is 5.44. The maximum atomic E-state index is 12.6. The van der Waals surface area contributed by atoms with E-state index in [2.05, 4.69) is 43.4 Å². The zero-order valence-electron chi connectivity index (χ0n) is 12.6. The topological polar surface area (TPSA) is 29.1 Å². The molecule has 0 spiro atoms. The normalized spacial score (nSPS) is 32.5. The molecule has 20 heavy (non-hydrogen) atoms. The van der Waals surface area contributed by atoms with Crippen LogP contribution >= 0.6 is 0 Å². The molecule has 1 N–H and O–H groups in total. The predicted molar refractivity (Wildman–Crippen MR) is 83.0 cm³/mol. The van der Waals surface area contributed by atoms with Gasteiger partial charge in [0.25, 0.3) is 0 Å².